The topological polar surface area (TPSA) is 15.3 Å². The zero-order valence-corrected chi connectivity index (χ0v) is 14.2. The Morgan fingerprint density at radius 2 is 1.74 bits per heavy atom. The van der Waals surface area contributed by atoms with E-state index in [4.69, 9.17) is 0 Å². The Kier molecular flexibility index (Phi) is 6.09. The van der Waals surface area contributed by atoms with Gasteiger partial charge in [0.1, 0.15) is 0 Å². The molecule has 1 atom stereocenters. The van der Waals surface area contributed by atoms with E-state index in [9.17, 15) is 13.2 Å². The maximum absolute atomic E-state index is 13.3. The number of alkyl halides is 3. The van der Waals surface area contributed by atoms with Crippen LogP contribution in [0.5, 0.6) is 0 Å². The quantitative estimate of drug-likeness (QED) is 0.857. The maximum atomic E-state index is 13.3. The van der Waals surface area contributed by atoms with Crippen LogP contribution in [0.4, 0.5) is 13.2 Å². The van der Waals surface area contributed by atoms with Gasteiger partial charge in [0.2, 0.25) is 0 Å². The molecule has 1 aliphatic heterocycles. The molecule has 2 rings (SSSR count). The smallest absolute Gasteiger partial charge is 0.317 e. The molecule has 5 heteroatoms. The van der Waals surface area contributed by atoms with E-state index >= 15 is 0 Å². The largest absolute Gasteiger partial charge is 0.416 e. The third-order valence-electron chi connectivity index (χ3n) is 4.57. The van der Waals surface area contributed by atoms with Gasteiger partial charge >= 0.3 is 6.18 Å². The SMILES string of the molecule is CC(C)CN(C1CCNCC1)C(C)c1ccccc1C(F)(F)F. The van der Waals surface area contributed by atoms with E-state index in [-0.39, 0.29) is 6.04 Å². The van der Waals surface area contributed by atoms with Crippen molar-refractivity contribution in [2.75, 3.05) is 19.6 Å². The molecule has 1 N–H and O–H groups in total. The molecule has 1 aromatic carbocycles. The fraction of sp³-hybridized carbons (Fsp3) is 0.667. The first kappa shape index (κ1) is 18.3. The van der Waals surface area contributed by atoms with Crippen LogP contribution in [0, 0.1) is 5.92 Å². The molecule has 0 saturated carbocycles. The van der Waals surface area contributed by atoms with Crippen molar-refractivity contribution in [3.63, 3.8) is 0 Å². The van der Waals surface area contributed by atoms with E-state index in [1.165, 1.54) is 12.1 Å². The third kappa shape index (κ3) is 4.70. The number of nitrogens with one attached hydrogen (secondary N) is 1. The maximum Gasteiger partial charge on any atom is 0.416 e. The monoisotopic (exact) mass is 328 g/mol. The predicted molar refractivity (Wildman–Crippen MR) is 87.3 cm³/mol. The zero-order chi connectivity index (χ0) is 17.0. The standard InChI is InChI=1S/C18H27F3N2/c1-13(2)12-23(15-8-10-22-11-9-15)14(3)16-6-4-5-7-17(16)18(19,20)21/h4-7,13-15,22H,8-12H2,1-3H3. The molecular formula is C18H27F3N2. The number of piperidine rings is 1. The molecule has 1 aromatic rings. The zero-order valence-electron chi connectivity index (χ0n) is 14.2. The summed E-state index contributed by atoms with van der Waals surface area (Å²) in [6.07, 6.45) is -2.32. The fourth-order valence-corrected chi connectivity index (χ4v) is 3.48. The first-order valence-electron chi connectivity index (χ1n) is 8.43. The van der Waals surface area contributed by atoms with Crippen LogP contribution in [0.3, 0.4) is 0 Å². The number of rotatable bonds is 5. The van der Waals surface area contributed by atoms with E-state index in [1.807, 2.05) is 6.92 Å². The summed E-state index contributed by atoms with van der Waals surface area (Å²) >= 11 is 0. The summed E-state index contributed by atoms with van der Waals surface area (Å²) in [5.41, 5.74) is -0.116. The highest BCUT2D eigenvalue weighted by molar-refractivity contribution is 5.32. The second-order valence-electron chi connectivity index (χ2n) is 6.83. The van der Waals surface area contributed by atoms with Gasteiger partial charge in [-0.15, -0.1) is 0 Å². The number of hydrogen-bond donors (Lipinski definition) is 1. The molecule has 0 aromatic heterocycles. The van der Waals surface area contributed by atoms with E-state index in [0.29, 0.717) is 17.5 Å². The minimum atomic E-state index is -4.30. The van der Waals surface area contributed by atoms with E-state index < -0.39 is 11.7 Å². The second-order valence-corrected chi connectivity index (χ2v) is 6.83. The third-order valence-corrected chi connectivity index (χ3v) is 4.57. The van der Waals surface area contributed by atoms with Crippen LogP contribution in [0.1, 0.15) is 50.8 Å². The van der Waals surface area contributed by atoms with Crippen molar-refractivity contribution in [3.8, 4) is 0 Å². The molecule has 0 spiro atoms. The van der Waals surface area contributed by atoms with Crippen LogP contribution >= 0.6 is 0 Å². The molecule has 1 fully saturated rings. The summed E-state index contributed by atoms with van der Waals surface area (Å²) in [5.74, 6) is 0.422. The summed E-state index contributed by atoms with van der Waals surface area (Å²) in [4.78, 5) is 2.27. The fourth-order valence-electron chi connectivity index (χ4n) is 3.48. The van der Waals surface area contributed by atoms with Gasteiger partial charge in [0.05, 0.1) is 5.56 Å². The molecule has 1 aliphatic rings. The van der Waals surface area contributed by atoms with Crippen LogP contribution in [0.25, 0.3) is 0 Å². The Labute approximate surface area is 137 Å². The van der Waals surface area contributed by atoms with Crippen molar-refractivity contribution in [2.45, 2.75) is 51.9 Å². The highest BCUT2D eigenvalue weighted by Gasteiger charge is 2.36. The molecule has 1 saturated heterocycles. The summed E-state index contributed by atoms with van der Waals surface area (Å²) in [6.45, 7) is 8.85. The Morgan fingerprint density at radius 1 is 1.13 bits per heavy atom. The first-order valence-corrected chi connectivity index (χ1v) is 8.43. The molecule has 1 heterocycles. The molecule has 23 heavy (non-hydrogen) atoms. The predicted octanol–water partition coefficient (Wildman–Crippen LogP) is 4.48. The van der Waals surface area contributed by atoms with Gasteiger partial charge in [-0.3, -0.25) is 4.90 Å². The lowest BCUT2D eigenvalue weighted by Gasteiger charge is -2.40. The molecule has 1 unspecified atom stereocenters. The first-order chi connectivity index (χ1) is 10.8. The van der Waals surface area contributed by atoms with Gasteiger partial charge in [-0.1, -0.05) is 32.0 Å². The average Bonchev–Trinajstić information content (AvgIpc) is 2.52. The molecule has 0 amide bonds. The van der Waals surface area contributed by atoms with Gasteiger partial charge in [-0.25, -0.2) is 0 Å². The van der Waals surface area contributed by atoms with Gasteiger partial charge in [-0.2, -0.15) is 13.2 Å². The summed E-state index contributed by atoms with van der Waals surface area (Å²) in [6, 6.07) is 6.10. The van der Waals surface area contributed by atoms with Crippen molar-refractivity contribution < 1.29 is 13.2 Å². The average molecular weight is 328 g/mol. The number of benzene rings is 1. The van der Waals surface area contributed by atoms with Crippen LogP contribution in [0.15, 0.2) is 24.3 Å². The lowest BCUT2D eigenvalue weighted by Crippen LogP contribution is -2.46. The number of halogens is 3. The van der Waals surface area contributed by atoms with Gasteiger partial charge in [0.15, 0.2) is 0 Å². The summed E-state index contributed by atoms with van der Waals surface area (Å²) in [7, 11) is 0. The number of nitrogens with zero attached hydrogens (tertiary/aromatic N) is 1. The van der Waals surface area contributed by atoms with Crippen LogP contribution in [-0.4, -0.2) is 30.6 Å². The molecule has 2 nitrogen and oxygen atoms in total. The lowest BCUT2D eigenvalue weighted by molar-refractivity contribution is -0.138. The van der Waals surface area contributed by atoms with E-state index in [1.54, 1.807) is 12.1 Å². The van der Waals surface area contributed by atoms with Crippen molar-refractivity contribution >= 4 is 0 Å². The molecule has 0 bridgehead atoms. The summed E-state index contributed by atoms with van der Waals surface area (Å²) in [5, 5.41) is 3.33. The highest BCUT2D eigenvalue weighted by atomic mass is 19.4. The van der Waals surface area contributed by atoms with Crippen molar-refractivity contribution in [2.24, 2.45) is 5.92 Å². The normalized spacial score (nSPS) is 18.6. The Balaban J connectivity index is 2.31. The molecular weight excluding hydrogens is 301 g/mol. The van der Waals surface area contributed by atoms with Crippen molar-refractivity contribution in [1.82, 2.24) is 10.2 Å². The molecule has 130 valence electrons. The van der Waals surface area contributed by atoms with Crippen molar-refractivity contribution in [3.05, 3.63) is 35.4 Å². The van der Waals surface area contributed by atoms with Crippen LogP contribution in [0.2, 0.25) is 0 Å². The highest BCUT2D eigenvalue weighted by Crippen LogP contribution is 2.37. The van der Waals surface area contributed by atoms with Gasteiger partial charge in [-0.05, 0) is 50.4 Å². The van der Waals surface area contributed by atoms with Gasteiger partial charge in [0, 0.05) is 18.6 Å². The lowest BCUT2D eigenvalue weighted by atomic mass is 9.95. The Morgan fingerprint density at radius 3 is 2.30 bits per heavy atom. The van der Waals surface area contributed by atoms with Crippen molar-refractivity contribution in [1.29, 1.82) is 0 Å². The molecule has 0 radical (unpaired) electrons. The minimum Gasteiger partial charge on any atom is -0.317 e. The minimum absolute atomic E-state index is 0.238. The van der Waals surface area contributed by atoms with Crippen LogP contribution < -0.4 is 5.32 Å². The number of hydrogen-bond acceptors (Lipinski definition) is 2. The van der Waals surface area contributed by atoms with Crippen LogP contribution in [-0.2, 0) is 6.18 Å². The Bertz CT molecular complexity index is 493. The Hall–Kier alpha value is -1.07. The molecule has 0 aliphatic carbocycles. The van der Waals surface area contributed by atoms with Gasteiger partial charge < -0.3 is 5.32 Å². The second kappa shape index (κ2) is 7.67. The summed E-state index contributed by atoms with van der Waals surface area (Å²) < 4.78 is 40.0. The van der Waals surface area contributed by atoms with E-state index in [2.05, 4.69) is 24.1 Å². The van der Waals surface area contributed by atoms with E-state index in [0.717, 1.165) is 32.5 Å². The van der Waals surface area contributed by atoms with Gasteiger partial charge in [0.25, 0.3) is 0 Å².